The van der Waals surface area contributed by atoms with Gasteiger partial charge in [0.05, 0.1) is 12.0 Å². The van der Waals surface area contributed by atoms with Crippen LogP contribution in [0.1, 0.15) is 11.6 Å². The Morgan fingerprint density at radius 2 is 2.06 bits per heavy atom. The third-order valence-electron chi connectivity index (χ3n) is 3.43. The smallest absolute Gasteiger partial charge is 0.225 e. The third-order valence-corrected chi connectivity index (χ3v) is 3.43. The fourth-order valence-electron chi connectivity index (χ4n) is 2.09. The van der Waals surface area contributed by atoms with E-state index in [9.17, 15) is 4.79 Å². The van der Waals surface area contributed by atoms with E-state index in [0.29, 0.717) is 6.54 Å². The first-order chi connectivity index (χ1) is 8.68. The van der Waals surface area contributed by atoms with Crippen LogP contribution in [0.15, 0.2) is 30.3 Å². The molecule has 1 aliphatic rings. The number of carbonyl (C=O) groups is 1. The van der Waals surface area contributed by atoms with Crippen molar-refractivity contribution in [3.63, 3.8) is 0 Å². The molecule has 18 heavy (non-hydrogen) atoms. The lowest BCUT2D eigenvalue weighted by atomic mass is 10.0. The maximum Gasteiger partial charge on any atom is 0.225 e. The summed E-state index contributed by atoms with van der Waals surface area (Å²) in [5, 5.41) is 6.16. The van der Waals surface area contributed by atoms with Crippen molar-refractivity contribution < 1.29 is 4.79 Å². The second-order valence-electron chi connectivity index (χ2n) is 4.99. The molecule has 1 saturated heterocycles. The maximum atomic E-state index is 11.8. The average Bonchev–Trinajstić information content (AvgIpc) is 2.28. The Morgan fingerprint density at radius 1 is 1.39 bits per heavy atom. The summed E-state index contributed by atoms with van der Waals surface area (Å²) in [4.78, 5) is 13.9. The predicted octanol–water partition coefficient (Wildman–Crippen LogP) is 0.625. The van der Waals surface area contributed by atoms with Gasteiger partial charge >= 0.3 is 0 Å². The van der Waals surface area contributed by atoms with Gasteiger partial charge in [-0.3, -0.25) is 4.79 Å². The van der Waals surface area contributed by atoms with Crippen molar-refractivity contribution in [3.8, 4) is 0 Å². The summed E-state index contributed by atoms with van der Waals surface area (Å²) >= 11 is 0. The Labute approximate surface area is 108 Å². The molecule has 0 bridgehead atoms. The van der Waals surface area contributed by atoms with Crippen LogP contribution in [-0.4, -0.2) is 44.5 Å². The Balaban J connectivity index is 1.92. The molecule has 0 aromatic heterocycles. The van der Waals surface area contributed by atoms with Gasteiger partial charge in [-0.15, -0.1) is 0 Å². The van der Waals surface area contributed by atoms with E-state index in [2.05, 4.69) is 27.7 Å². The fourth-order valence-corrected chi connectivity index (χ4v) is 2.09. The Kier molecular flexibility index (Phi) is 4.33. The summed E-state index contributed by atoms with van der Waals surface area (Å²) in [7, 11) is 4.07. The molecule has 2 N–H and O–H groups in total. The summed E-state index contributed by atoms with van der Waals surface area (Å²) in [6.45, 7) is 2.28. The molecule has 1 amide bonds. The quantitative estimate of drug-likeness (QED) is 0.802. The lowest BCUT2D eigenvalue weighted by molar-refractivity contribution is -0.126. The molecule has 1 fully saturated rings. The molecule has 1 atom stereocenters. The highest BCUT2D eigenvalue weighted by Crippen LogP contribution is 2.17. The molecule has 98 valence electrons. The van der Waals surface area contributed by atoms with Crippen molar-refractivity contribution in [2.24, 2.45) is 5.92 Å². The minimum Gasteiger partial charge on any atom is -0.354 e. The molecule has 2 rings (SSSR count). The van der Waals surface area contributed by atoms with Crippen LogP contribution in [0.5, 0.6) is 0 Å². The van der Waals surface area contributed by atoms with Gasteiger partial charge < -0.3 is 15.5 Å². The maximum absolute atomic E-state index is 11.8. The molecule has 4 heteroatoms. The standard InChI is InChI=1S/C14H21N3O/c1-17(2)13(11-6-4-3-5-7-11)10-16-14(18)12-8-15-9-12/h3-7,12-13,15H,8-10H2,1-2H3,(H,16,18). The van der Waals surface area contributed by atoms with E-state index in [1.54, 1.807) is 0 Å². The summed E-state index contributed by atoms with van der Waals surface area (Å²) in [6, 6.07) is 10.5. The van der Waals surface area contributed by atoms with E-state index >= 15 is 0 Å². The van der Waals surface area contributed by atoms with Crippen LogP contribution >= 0.6 is 0 Å². The molecule has 0 radical (unpaired) electrons. The normalized spacial score (nSPS) is 17.3. The molecule has 1 aromatic carbocycles. The van der Waals surface area contributed by atoms with Crippen LogP contribution in [0, 0.1) is 5.92 Å². The van der Waals surface area contributed by atoms with Gasteiger partial charge in [0.1, 0.15) is 0 Å². The number of rotatable bonds is 5. The monoisotopic (exact) mass is 247 g/mol. The van der Waals surface area contributed by atoms with Crippen molar-refractivity contribution in [1.82, 2.24) is 15.5 Å². The summed E-state index contributed by atoms with van der Waals surface area (Å²) in [5.41, 5.74) is 1.23. The third kappa shape index (κ3) is 3.09. The number of amides is 1. The van der Waals surface area contributed by atoms with Gasteiger partial charge in [0.2, 0.25) is 5.91 Å². The molecule has 0 aliphatic carbocycles. The van der Waals surface area contributed by atoms with E-state index in [-0.39, 0.29) is 17.9 Å². The Hall–Kier alpha value is -1.39. The van der Waals surface area contributed by atoms with Crippen molar-refractivity contribution in [3.05, 3.63) is 35.9 Å². The SMILES string of the molecule is CN(C)C(CNC(=O)C1CNC1)c1ccccc1. The van der Waals surface area contributed by atoms with E-state index in [4.69, 9.17) is 0 Å². The first-order valence-corrected chi connectivity index (χ1v) is 6.38. The van der Waals surface area contributed by atoms with Crippen molar-refractivity contribution >= 4 is 5.91 Å². The second kappa shape index (κ2) is 5.98. The minimum atomic E-state index is 0.156. The second-order valence-corrected chi connectivity index (χ2v) is 4.99. The van der Waals surface area contributed by atoms with Gasteiger partial charge in [0.15, 0.2) is 0 Å². The number of benzene rings is 1. The van der Waals surface area contributed by atoms with Gasteiger partial charge in [-0.05, 0) is 19.7 Å². The summed E-state index contributed by atoms with van der Waals surface area (Å²) in [6.07, 6.45) is 0. The topological polar surface area (TPSA) is 44.4 Å². The number of likely N-dealkylation sites (N-methyl/N-ethyl adjacent to an activating group) is 1. The van der Waals surface area contributed by atoms with Crippen LogP contribution in [0.4, 0.5) is 0 Å². The summed E-state index contributed by atoms with van der Waals surface area (Å²) in [5.74, 6) is 0.320. The van der Waals surface area contributed by atoms with Crippen LogP contribution in [0.3, 0.4) is 0 Å². The van der Waals surface area contributed by atoms with Gasteiger partial charge in [0.25, 0.3) is 0 Å². The first-order valence-electron chi connectivity index (χ1n) is 6.38. The average molecular weight is 247 g/mol. The van der Waals surface area contributed by atoms with Crippen LogP contribution in [-0.2, 0) is 4.79 Å². The number of carbonyl (C=O) groups excluding carboxylic acids is 1. The summed E-state index contributed by atoms with van der Waals surface area (Å²) < 4.78 is 0. The molecule has 1 aliphatic heterocycles. The molecular formula is C14H21N3O. The number of hydrogen-bond acceptors (Lipinski definition) is 3. The zero-order valence-electron chi connectivity index (χ0n) is 11.0. The van der Waals surface area contributed by atoms with Crippen LogP contribution in [0.2, 0.25) is 0 Å². The fraction of sp³-hybridized carbons (Fsp3) is 0.500. The van der Waals surface area contributed by atoms with E-state index in [0.717, 1.165) is 13.1 Å². The van der Waals surface area contributed by atoms with Crippen LogP contribution in [0.25, 0.3) is 0 Å². The Bertz CT molecular complexity index is 387. The molecule has 1 heterocycles. The van der Waals surface area contributed by atoms with Crippen molar-refractivity contribution in [2.75, 3.05) is 33.7 Å². The van der Waals surface area contributed by atoms with Crippen molar-refractivity contribution in [1.29, 1.82) is 0 Å². The number of nitrogens with zero attached hydrogens (tertiary/aromatic N) is 1. The molecule has 1 unspecified atom stereocenters. The number of hydrogen-bond donors (Lipinski definition) is 2. The highest BCUT2D eigenvalue weighted by Gasteiger charge is 2.25. The number of nitrogens with one attached hydrogen (secondary N) is 2. The molecular weight excluding hydrogens is 226 g/mol. The zero-order chi connectivity index (χ0) is 13.0. The van der Waals surface area contributed by atoms with Gasteiger partial charge in [-0.2, -0.15) is 0 Å². The predicted molar refractivity (Wildman–Crippen MR) is 72.2 cm³/mol. The molecule has 0 spiro atoms. The minimum absolute atomic E-state index is 0.156. The lowest BCUT2D eigenvalue weighted by Gasteiger charge is -2.29. The van der Waals surface area contributed by atoms with Gasteiger partial charge in [0, 0.05) is 19.6 Å². The van der Waals surface area contributed by atoms with Crippen molar-refractivity contribution in [2.45, 2.75) is 6.04 Å². The van der Waals surface area contributed by atoms with E-state index in [1.165, 1.54) is 5.56 Å². The highest BCUT2D eigenvalue weighted by molar-refractivity contribution is 5.80. The molecule has 4 nitrogen and oxygen atoms in total. The zero-order valence-corrected chi connectivity index (χ0v) is 11.0. The Morgan fingerprint density at radius 3 is 2.56 bits per heavy atom. The molecule has 1 aromatic rings. The molecule has 0 saturated carbocycles. The van der Waals surface area contributed by atoms with Gasteiger partial charge in [-0.25, -0.2) is 0 Å². The van der Waals surface area contributed by atoms with Gasteiger partial charge in [-0.1, -0.05) is 30.3 Å². The van der Waals surface area contributed by atoms with Crippen LogP contribution < -0.4 is 10.6 Å². The largest absolute Gasteiger partial charge is 0.354 e. The van der Waals surface area contributed by atoms with E-state index in [1.807, 2.05) is 32.3 Å². The lowest BCUT2D eigenvalue weighted by Crippen LogP contribution is -2.51. The highest BCUT2D eigenvalue weighted by atomic mass is 16.2. The van der Waals surface area contributed by atoms with E-state index < -0.39 is 0 Å². The first kappa shape index (κ1) is 13.1.